The molecule has 2 aromatic rings. The average molecular weight is 368 g/mol. The molecule has 0 aliphatic heterocycles. The number of nitrogens with zero attached hydrogens (tertiary/aromatic N) is 2. The van der Waals surface area contributed by atoms with Crippen LogP contribution < -0.4 is 5.32 Å². The molecule has 0 fully saturated rings. The Morgan fingerprint density at radius 2 is 1.69 bits per heavy atom. The molecule has 26 heavy (non-hydrogen) atoms. The highest BCUT2D eigenvalue weighted by molar-refractivity contribution is 7.13. The lowest BCUT2D eigenvalue weighted by Gasteiger charge is -2.25. The van der Waals surface area contributed by atoms with Gasteiger partial charge in [-0.2, -0.15) is 5.26 Å². The van der Waals surface area contributed by atoms with Gasteiger partial charge in [0, 0.05) is 11.1 Å². The Morgan fingerprint density at radius 1 is 1.12 bits per heavy atom. The normalized spacial score (nSPS) is 12.4. The summed E-state index contributed by atoms with van der Waals surface area (Å²) in [7, 11) is 0. The minimum Gasteiger partial charge on any atom is -0.323 e. The number of aryl methyl sites for hydroxylation is 4. The quantitative estimate of drug-likeness (QED) is 0.769. The van der Waals surface area contributed by atoms with Gasteiger partial charge in [-0.1, -0.05) is 50.1 Å². The van der Waals surface area contributed by atoms with E-state index in [0.29, 0.717) is 21.8 Å². The van der Waals surface area contributed by atoms with Crippen LogP contribution in [0.3, 0.4) is 0 Å². The summed E-state index contributed by atoms with van der Waals surface area (Å²) in [5, 5.41) is 13.7. The number of amides is 1. The first-order chi connectivity index (χ1) is 12.0. The predicted molar refractivity (Wildman–Crippen MR) is 107 cm³/mol. The molecule has 1 amide bonds. The highest BCUT2D eigenvalue weighted by atomic mass is 32.1. The molecule has 1 aromatic heterocycles. The number of carbonyl (C=O) groups is 1. The van der Waals surface area contributed by atoms with Crippen molar-refractivity contribution < 1.29 is 4.79 Å². The van der Waals surface area contributed by atoms with Gasteiger partial charge in [0.15, 0.2) is 0 Å². The molecule has 1 heterocycles. The summed E-state index contributed by atoms with van der Waals surface area (Å²) in [5.74, 6) is -0.213. The van der Waals surface area contributed by atoms with Gasteiger partial charge < -0.3 is 5.32 Å². The second-order valence-electron chi connectivity index (χ2n) is 7.59. The van der Waals surface area contributed by atoms with Crippen LogP contribution in [-0.2, 0) is 0 Å². The van der Waals surface area contributed by atoms with Gasteiger partial charge in [0.05, 0.1) is 16.3 Å². The van der Waals surface area contributed by atoms with E-state index >= 15 is 0 Å². The molecule has 4 nitrogen and oxygen atoms in total. The fraction of sp³-hybridized carbons (Fsp3) is 0.381. The van der Waals surface area contributed by atoms with E-state index in [4.69, 9.17) is 0 Å². The van der Waals surface area contributed by atoms with E-state index in [1.165, 1.54) is 11.3 Å². The Labute approximate surface area is 159 Å². The van der Waals surface area contributed by atoms with E-state index in [0.717, 1.165) is 21.7 Å². The fourth-order valence-corrected chi connectivity index (χ4v) is 3.74. The van der Waals surface area contributed by atoms with E-state index in [1.54, 1.807) is 0 Å². The second-order valence-corrected chi connectivity index (χ2v) is 8.79. The predicted octanol–water partition coefficient (Wildman–Crippen LogP) is 5.09. The van der Waals surface area contributed by atoms with Crippen molar-refractivity contribution in [1.82, 2.24) is 10.3 Å². The van der Waals surface area contributed by atoms with Crippen molar-refractivity contribution in [2.75, 3.05) is 0 Å². The van der Waals surface area contributed by atoms with Gasteiger partial charge in [-0.25, -0.2) is 4.98 Å². The molecule has 0 aliphatic carbocycles. The molecule has 2 rings (SSSR count). The summed E-state index contributed by atoms with van der Waals surface area (Å²) in [6, 6.07) is 8.33. The van der Waals surface area contributed by atoms with Crippen LogP contribution in [0.1, 0.15) is 57.8 Å². The standard InChI is InChI=1S/C21H25N3OS/c1-12-8-13(2)10-16(9-12)17(11-22)19(21(5,6)7)24-20(25)18-14(3)23-15(4)26-18/h8-10H,1-7H3,(H,24,25). The maximum absolute atomic E-state index is 12.8. The number of nitrogens with one attached hydrogen (secondary N) is 1. The molecule has 5 heteroatoms. The third-order valence-electron chi connectivity index (χ3n) is 3.97. The Balaban J connectivity index is 2.58. The lowest BCUT2D eigenvalue weighted by Crippen LogP contribution is -2.31. The van der Waals surface area contributed by atoms with E-state index in [2.05, 4.69) is 22.4 Å². The first kappa shape index (κ1) is 19.9. The van der Waals surface area contributed by atoms with Crippen molar-refractivity contribution in [2.24, 2.45) is 5.41 Å². The molecule has 0 aliphatic rings. The van der Waals surface area contributed by atoms with E-state index < -0.39 is 5.41 Å². The molecule has 1 N–H and O–H groups in total. The summed E-state index contributed by atoms with van der Waals surface area (Å²) in [6.07, 6.45) is 0. The van der Waals surface area contributed by atoms with Crippen LogP contribution in [0.25, 0.3) is 5.57 Å². The zero-order valence-electron chi connectivity index (χ0n) is 16.4. The monoisotopic (exact) mass is 367 g/mol. The number of rotatable bonds is 3. The molecule has 0 unspecified atom stereocenters. The summed E-state index contributed by atoms with van der Waals surface area (Å²) >= 11 is 1.37. The Kier molecular flexibility index (Phi) is 5.68. The summed E-state index contributed by atoms with van der Waals surface area (Å²) < 4.78 is 0. The maximum Gasteiger partial charge on any atom is 0.267 e. The molecule has 0 spiro atoms. The zero-order valence-corrected chi connectivity index (χ0v) is 17.3. The highest BCUT2D eigenvalue weighted by Gasteiger charge is 2.26. The lowest BCUT2D eigenvalue weighted by molar-refractivity contribution is 0.0961. The van der Waals surface area contributed by atoms with Crippen LogP contribution in [0, 0.1) is 44.4 Å². The minimum absolute atomic E-state index is 0.213. The zero-order chi connectivity index (χ0) is 19.6. The van der Waals surface area contributed by atoms with E-state index in [9.17, 15) is 10.1 Å². The van der Waals surface area contributed by atoms with Crippen LogP contribution in [-0.4, -0.2) is 10.9 Å². The molecule has 136 valence electrons. The fourth-order valence-electron chi connectivity index (χ4n) is 2.92. The first-order valence-electron chi connectivity index (χ1n) is 8.52. The van der Waals surface area contributed by atoms with Crippen LogP contribution in [0.15, 0.2) is 23.9 Å². The van der Waals surface area contributed by atoms with Crippen molar-refractivity contribution in [2.45, 2.75) is 48.5 Å². The maximum atomic E-state index is 12.8. The molecular weight excluding hydrogens is 342 g/mol. The second kappa shape index (κ2) is 7.43. The van der Waals surface area contributed by atoms with Crippen molar-refractivity contribution in [3.05, 3.63) is 56.2 Å². The summed E-state index contributed by atoms with van der Waals surface area (Å²) in [5.41, 5.74) is 4.43. The number of nitriles is 1. The number of thiazole rings is 1. The Hall–Kier alpha value is -2.45. The van der Waals surface area contributed by atoms with Gasteiger partial charge in [0.1, 0.15) is 10.9 Å². The van der Waals surface area contributed by atoms with Gasteiger partial charge in [0.25, 0.3) is 5.91 Å². The van der Waals surface area contributed by atoms with E-state index in [-0.39, 0.29) is 5.91 Å². The third kappa shape index (κ3) is 4.39. The molecule has 1 aromatic carbocycles. The molecule has 0 bridgehead atoms. The van der Waals surface area contributed by atoms with Gasteiger partial charge in [-0.15, -0.1) is 11.3 Å². The number of hydrogen-bond donors (Lipinski definition) is 1. The number of aromatic nitrogens is 1. The van der Waals surface area contributed by atoms with Crippen LogP contribution in [0.4, 0.5) is 0 Å². The van der Waals surface area contributed by atoms with Crippen LogP contribution in [0.5, 0.6) is 0 Å². The van der Waals surface area contributed by atoms with Gasteiger partial charge >= 0.3 is 0 Å². The van der Waals surface area contributed by atoms with Gasteiger partial charge in [0.2, 0.25) is 0 Å². The third-order valence-corrected chi connectivity index (χ3v) is 5.04. The van der Waals surface area contributed by atoms with Crippen molar-refractivity contribution in [1.29, 1.82) is 5.26 Å². The Morgan fingerprint density at radius 3 is 2.12 bits per heavy atom. The largest absolute Gasteiger partial charge is 0.323 e. The molecule has 0 saturated heterocycles. The number of hydrogen-bond acceptors (Lipinski definition) is 4. The van der Waals surface area contributed by atoms with Crippen molar-refractivity contribution in [3.8, 4) is 6.07 Å². The number of allylic oxidation sites excluding steroid dienone is 2. The lowest BCUT2D eigenvalue weighted by atomic mass is 9.86. The first-order valence-corrected chi connectivity index (χ1v) is 9.33. The molecule has 0 atom stereocenters. The number of benzene rings is 1. The molecular formula is C21H25N3OS. The Bertz CT molecular complexity index is 903. The van der Waals surface area contributed by atoms with Gasteiger partial charge in [-0.05, 0) is 33.3 Å². The molecule has 0 radical (unpaired) electrons. The van der Waals surface area contributed by atoms with Crippen molar-refractivity contribution in [3.63, 3.8) is 0 Å². The topological polar surface area (TPSA) is 65.8 Å². The number of carbonyl (C=O) groups excluding carboxylic acids is 1. The van der Waals surface area contributed by atoms with Crippen molar-refractivity contribution >= 4 is 22.8 Å². The van der Waals surface area contributed by atoms with E-state index in [1.807, 2.05) is 60.6 Å². The highest BCUT2D eigenvalue weighted by Crippen LogP contribution is 2.32. The summed E-state index contributed by atoms with van der Waals surface area (Å²) in [4.78, 5) is 17.7. The summed E-state index contributed by atoms with van der Waals surface area (Å²) in [6.45, 7) is 13.7. The van der Waals surface area contributed by atoms with Gasteiger partial charge in [-0.3, -0.25) is 4.79 Å². The smallest absolute Gasteiger partial charge is 0.267 e. The minimum atomic E-state index is -0.397. The van der Waals surface area contributed by atoms with Crippen LogP contribution >= 0.6 is 11.3 Å². The van der Waals surface area contributed by atoms with Crippen LogP contribution in [0.2, 0.25) is 0 Å². The average Bonchev–Trinajstić information content (AvgIpc) is 2.83. The SMILES string of the molecule is Cc1cc(C)cc(C(C#N)=C(NC(=O)c2sc(C)nc2C)C(C)(C)C)c1. The molecule has 0 saturated carbocycles.